The Kier molecular flexibility index (Phi) is 4.07. The molecule has 0 aliphatic rings. The van der Waals surface area contributed by atoms with Gasteiger partial charge in [0.25, 0.3) is 5.91 Å². The predicted octanol–water partition coefficient (Wildman–Crippen LogP) is 1.71. The van der Waals surface area contributed by atoms with Crippen LogP contribution in [0.15, 0.2) is 35.2 Å². The summed E-state index contributed by atoms with van der Waals surface area (Å²) in [6.45, 7) is 0.304. The van der Waals surface area contributed by atoms with Gasteiger partial charge in [0, 0.05) is 17.1 Å². The molecule has 18 heavy (non-hydrogen) atoms. The number of hydrogen-bond acceptors (Lipinski definition) is 4. The number of carbonyl (C=O) groups is 1. The number of aromatic nitrogens is 1. The number of carbonyl (C=O) groups excluding carboxylic acids is 1. The van der Waals surface area contributed by atoms with Crippen molar-refractivity contribution in [1.82, 2.24) is 4.98 Å². The summed E-state index contributed by atoms with van der Waals surface area (Å²) in [7, 11) is 0. The number of anilines is 1. The van der Waals surface area contributed by atoms with E-state index in [9.17, 15) is 4.79 Å². The van der Waals surface area contributed by atoms with E-state index in [1.54, 1.807) is 29.8 Å². The summed E-state index contributed by atoms with van der Waals surface area (Å²) in [5, 5.41) is 6.36. The van der Waals surface area contributed by atoms with Gasteiger partial charge in [0.1, 0.15) is 5.82 Å². The molecule has 2 heterocycles. The molecule has 0 aliphatic carbocycles. The monoisotopic (exact) mass is 257 g/mol. The highest BCUT2D eigenvalue weighted by Gasteiger charge is 2.06. The lowest BCUT2D eigenvalue weighted by molar-refractivity contribution is 0.102. The standard InChI is InChI=1S/C13H11N3OS/c14-5-1-2-10-3-6-15-12(8-10)16-13(17)11-4-7-18-9-11/h3-4,6-9H,5,14H2,(H,15,16,17). The SMILES string of the molecule is NCC#Cc1ccnc(NC(=O)c2ccsc2)c1. The van der Waals surface area contributed by atoms with Crippen molar-refractivity contribution in [2.24, 2.45) is 5.73 Å². The molecule has 1 amide bonds. The van der Waals surface area contributed by atoms with Crippen LogP contribution in [0.1, 0.15) is 15.9 Å². The molecule has 0 saturated heterocycles. The van der Waals surface area contributed by atoms with Crippen LogP contribution in [0.3, 0.4) is 0 Å². The Hall–Kier alpha value is -2.16. The second-order valence-corrected chi connectivity index (χ2v) is 4.18. The lowest BCUT2D eigenvalue weighted by Crippen LogP contribution is -2.11. The third-order valence-corrected chi connectivity index (χ3v) is 2.80. The van der Waals surface area contributed by atoms with Gasteiger partial charge < -0.3 is 11.1 Å². The van der Waals surface area contributed by atoms with Crippen molar-refractivity contribution < 1.29 is 4.79 Å². The molecule has 90 valence electrons. The Morgan fingerprint density at radius 2 is 2.39 bits per heavy atom. The summed E-state index contributed by atoms with van der Waals surface area (Å²) in [6.07, 6.45) is 1.60. The molecule has 0 saturated carbocycles. The van der Waals surface area contributed by atoms with E-state index in [0.717, 1.165) is 5.56 Å². The van der Waals surface area contributed by atoms with Crippen LogP contribution in [-0.4, -0.2) is 17.4 Å². The van der Waals surface area contributed by atoms with Crippen molar-refractivity contribution in [3.05, 3.63) is 46.3 Å². The third-order valence-electron chi connectivity index (χ3n) is 2.12. The van der Waals surface area contributed by atoms with Crippen LogP contribution in [0.25, 0.3) is 0 Å². The smallest absolute Gasteiger partial charge is 0.257 e. The zero-order chi connectivity index (χ0) is 12.8. The normalized spacial score (nSPS) is 9.39. The van der Waals surface area contributed by atoms with Crippen molar-refractivity contribution in [1.29, 1.82) is 0 Å². The van der Waals surface area contributed by atoms with E-state index in [1.165, 1.54) is 11.3 Å². The van der Waals surface area contributed by atoms with Gasteiger partial charge in [0.05, 0.1) is 12.1 Å². The van der Waals surface area contributed by atoms with E-state index in [0.29, 0.717) is 17.9 Å². The molecule has 0 aliphatic heterocycles. The van der Waals surface area contributed by atoms with E-state index in [2.05, 4.69) is 22.1 Å². The molecule has 0 aromatic carbocycles. The number of nitrogens with zero attached hydrogens (tertiary/aromatic N) is 1. The van der Waals surface area contributed by atoms with Crippen LogP contribution in [0.2, 0.25) is 0 Å². The van der Waals surface area contributed by atoms with Gasteiger partial charge in [0.15, 0.2) is 0 Å². The zero-order valence-corrected chi connectivity index (χ0v) is 10.3. The second-order valence-electron chi connectivity index (χ2n) is 3.40. The Balaban J connectivity index is 2.12. The fraction of sp³-hybridized carbons (Fsp3) is 0.0769. The van der Waals surface area contributed by atoms with Crippen molar-refractivity contribution >= 4 is 23.1 Å². The molecular formula is C13H11N3OS. The minimum Gasteiger partial charge on any atom is -0.320 e. The number of thiophene rings is 1. The molecule has 0 radical (unpaired) electrons. The minimum atomic E-state index is -0.173. The fourth-order valence-corrected chi connectivity index (χ4v) is 1.95. The van der Waals surface area contributed by atoms with Gasteiger partial charge in [-0.3, -0.25) is 4.79 Å². The first-order valence-electron chi connectivity index (χ1n) is 5.28. The van der Waals surface area contributed by atoms with Crippen LogP contribution in [0.5, 0.6) is 0 Å². The van der Waals surface area contributed by atoms with Gasteiger partial charge in [-0.2, -0.15) is 11.3 Å². The average Bonchev–Trinajstić information content (AvgIpc) is 2.91. The lowest BCUT2D eigenvalue weighted by Gasteiger charge is -2.02. The summed E-state index contributed by atoms with van der Waals surface area (Å²) < 4.78 is 0. The van der Waals surface area contributed by atoms with Crippen LogP contribution in [-0.2, 0) is 0 Å². The van der Waals surface area contributed by atoms with E-state index in [-0.39, 0.29) is 5.91 Å². The number of rotatable bonds is 2. The molecule has 2 rings (SSSR count). The number of nitrogens with one attached hydrogen (secondary N) is 1. The topological polar surface area (TPSA) is 68.0 Å². The Morgan fingerprint density at radius 3 is 3.11 bits per heavy atom. The summed E-state index contributed by atoms with van der Waals surface area (Å²) in [4.78, 5) is 15.9. The lowest BCUT2D eigenvalue weighted by atomic mass is 10.2. The highest BCUT2D eigenvalue weighted by atomic mass is 32.1. The summed E-state index contributed by atoms with van der Waals surface area (Å²) >= 11 is 1.48. The second kappa shape index (κ2) is 5.96. The average molecular weight is 257 g/mol. The summed E-state index contributed by atoms with van der Waals surface area (Å²) in [6, 6.07) is 5.24. The number of hydrogen-bond donors (Lipinski definition) is 2. The van der Waals surface area contributed by atoms with E-state index in [4.69, 9.17) is 5.73 Å². The molecule has 4 nitrogen and oxygen atoms in total. The molecule has 0 fully saturated rings. The maximum atomic E-state index is 11.8. The van der Waals surface area contributed by atoms with E-state index >= 15 is 0 Å². The molecule has 2 aromatic rings. The molecule has 0 bridgehead atoms. The number of amides is 1. The van der Waals surface area contributed by atoms with Gasteiger partial charge in [-0.05, 0) is 23.6 Å². The zero-order valence-electron chi connectivity index (χ0n) is 9.51. The highest BCUT2D eigenvalue weighted by molar-refractivity contribution is 7.08. The van der Waals surface area contributed by atoms with Crippen LogP contribution in [0, 0.1) is 11.8 Å². The van der Waals surface area contributed by atoms with E-state index in [1.807, 2.05) is 5.38 Å². The fourth-order valence-electron chi connectivity index (χ4n) is 1.31. The Labute approximate surface area is 109 Å². The molecule has 0 atom stereocenters. The van der Waals surface area contributed by atoms with Crippen LogP contribution >= 0.6 is 11.3 Å². The number of nitrogens with two attached hydrogens (primary N) is 1. The predicted molar refractivity (Wildman–Crippen MR) is 72.4 cm³/mol. The largest absolute Gasteiger partial charge is 0.320 e. The number of pyridine rings is 1. The maximum Gasteiger partial charge on any atom is 0.257 e. The van der Waals surface area contributed by atoms with Crippen molar-refractivity contribution in [2.45, 2.75) is 0 Å². The van der Waals surface area contributed by atoms with Crippen molar-refractivity contribution in [3.8, 4) is 11.8 Å². The summed E-state index contributed by atoms with van der Waals surface area (Å²) in [5.41, 5.74) is 6.70. The van der Waals surface area contributed by atoms with Crippen molar-refractivity contribution in [2.75, 3.05) is 11.9 Å². The first kappa shape index (κ1) is 12.3. The van der Waals surface area contributed by atoms with Crippen LogP contribution in [0.4, 0.5) is 5.82 Å². The molecular weight excluding hydrogens is 246 g/mol. The van der Waals surface area contributed by atoms with Gasteiger partial charge in [0.2, 0.25) is 0 Å². The Morgan fingerprint density at radius 1 is 1.50 bits per heavy atom. The molecule has 0 spiro atoms. The molecule has 3 N–H and O–H groups in total. The third kappa shape index (κ3) is 3.17. The minimum absolute atomic E-state index is 0.173. The van der Waals surface area contributed by atoms with Gasteiger partial charge in [-0.1, -0.05) is 11.8 Å². The van der Waals surface area contributed by atoms with Gasteiger partial charge in [-0.25, -0.2) is 4.98 Å². The Bertz CT molecular complexity index is 596. The first-order chi connectivity index (χ1) is 8.79. The molecule has 2 aromatic heterocycles. The van der Waals surface area contributed by atoms with E-state index < -0.39 is 0 Å². The molecule has 0 unspecified atom stereocenters. The quantitative estimate of drug-likeness (QED) is 0.805. The van der Waals surface area contributed by atoms with Crippen molar-refractivity contribution in [3.63, 3.8) is 0 Å². The molecule has 5 heteroatoms. The highest BCUT2D eigenvalue weighted by Crippen LogP contribution is 2.10. The maximum absolute atomic E-state index is 11.8. The van der Waals surface area contributed by atoms with Crippen LogP contribution < -0.4 is 11.1 Å². The summed E-state index contributed by atoms with van der Waals surface area (Å²) in [5.74, 6) is 5.95. The first-order valence-corrected chi connectivity index (χ1v) is 6.22. The van der Waals surface area contributed by atoms with Gasteiger partial charge >= 0.3 is 0 Å². The van der Waals surface area contributed by atoms with Gasteiger partial charge in [-0.15, -0.1) is 0 Å².